The molecule has 0 fully saturated rings. The Balaban J connectivity index is 2.24. The zero-order valence-corrected chi connectivity index (χ0v) is 11.3. The standard InChI is InChI=1S/C16H17FN2O/c1-18-15(20)11-19-16(12-5-3-2-4-6-12)13-7-9-14(17)10-8-13/h2-10,16,19H,11H2,1H3,(H,18,20). The van der Waals surface area contributed by atoms with E-state index >= 15 is 0 Å². The van der Waals surface area contributed by atoms with Crippen LogP contribution in [0.4, 0.5) is 4.39 Å². The summed E-state index contributed by atoms with van der Waals surface area (Å²) in [5.74, 6) is -0.361. The maximum Gasteiger partial charge on any atom is 0.233 e. The molecular weight excluding hydrogens is 255 g/mol. The van der Waals surface area contributed by atoms with Crippen LogP contribution in [-0.4, -0.2) is 19.5 Å². The van der Waals surface area contributed by atoms with E-state index in [4.69, 9.17) is 0 Å². The minimum Gasteiger partial charge on any atom is -0.358 e. The molecule has 4 heteroatoms. The molecule has 0 spiro atoms. The summed E-state index contributed by atoms with van der Waals surface area (Å²) >= 11 is 0. The van der Waals surface area contributed by atoms with Gasteiger partial charge in [-0.15, -0.1) is 0 Å². The van der Waals surface area contributed by atoms with Gasteiger partial charge in [0.05, 0.1) is 12.6 Å². The predicted molar refractivity (Wildman–Crippen MR) is 76.8 cm³/mol. The molecule has 0 aromatic heterocycles. The molecule has 1 amide bonds. The van der Waals surface area contributed by atoms with Crippen LogP contribution in [0.25, 0.3) is 0 Å². The van der Waals surface area contributed by atoms with Crippen LogP contribution >= 0.6 is 0 Å². The Hall–Kier alpha value is -2.20. The topological polar surface area (TPSA) is 41.1 Å². The molecule has 104 valence electrons. The molecule has 1 unspecified atom stereocenters. The van der Waals surface area contributed by atoms with E-state index in [-0.39, 0.29) is 24.3 Å². The van der Waals surface area contributed by atoms with E-state index in [1.165, 1.54) is 12.1 Å². The highest BCUT2D eigenvalue weighted by molar-refractivity contribution is 5.77. The van der Waals surface area contributed by atoms with Crippen molar-refractivity contribution in [1.82, 2.24) is 10.6 Å². The van der Waals surface area contributed by atoms with Crippen molar-refractivity contribution in [3.63, 3.8) is 0 Å². The number of nitrogens with one attached hydrogen (secondary N) is 2. The molecule has 0 saturated carbocycles. The lowest BCUT2D eigenvalue weighted by molar-refractivity contribution is -0.119. The van der Waals surface area contributed by atoms with E-state index in [2.05, 4.69) is 10.6 Å². The summed E-state index contributed by atoms with van der Waals surface area (Å²) in [6.07, 6.45) is 0. The average Bonchev–Trinajstić information content (AvgIpc) is 2.50. The first-order valence-corrected chi connectivity index (χ1v) is 6.45. The summed E-state index contributed by atoms with van der Waals surface area (Å²) in [7, 11) is 1.60. The van der Waals surface area contributed by atoms with E-state index in [0.717, 1.165) is 11.1 Å². The summed E-state index contributed by atoms with van der Waals surface area (Å²) < 4.78 is 13.0. The molecule has 3 nitrogen and oxygen atoms in total. The van der Waals surface area contributed by atoms with Gasteiger partial charge in [0.15, 0.2) is 0 Å². The first kappa shape index (κ1) is 14.2. The zero-order chi connectivity index (χ0) is 14.4. The molecule has 2 aromatic rings. The van der Waals surface area contributed by atoms with Gasteiger partial charge in [-0.1, -0.05) is 42.5 Å². The molecule has 0 heterocycles. The fourth-order valence-corrected chi connectivity index (χ4v) is 2.01. The van der Waals surface area contributed by atoms with Crippen molar-refractivity contribution in [2.75, 3.05) is 13.6 Å². The number of rotatable bonds is 5. The second-order valence-corrected chi connectivity index (χ2v) is 4.45. The Morgan fingerprint density at radius 3 is 2.25 bits per heavy atom. The van der Waals surface area contributed by atoms with Crippen molar-refractivity contribution >= 4 is 5.91 Å². The molecule has 2 rings (SSSR count). The molecule has 2 N–H and O–H groups in total. The Kier molecular flexibility index (Phi) is 4.85. The average molecular weight is 272 g/mol. The summed E-state index contributed by atoms with van der Waals surface area (Å²) in [6.45, 7) is 0.202. The van der Waals surface area contributed by atoms with Gasteiger partial charge >= 0.3 is 0 Å². The van der Waals surface area contributed by atoms with Gasteiger partial charge in [-0.2, -0.15) is 0 Å². The molecule has 0 aliphatic carbocycles. The highest BCUT2D eigenvalue weighted by Gasteiger charge is 2.14. The highest BCUT2D eigenvalue weighted by Crippen LogP contribution is 2.21. The van der Waals surface area contributed by atoms with Crippen molar-refractivity contribution in [1.29, 1.82) is 0 Å². The van der Waals surface area contributed by atoms with Crippen molar-refractivity contribution in [3.8, 4) is 0 Å². The van der Waals surface area contributed by atoms with Gasteiger partial charge in [0.1, 0.15) is 5.82 Å². The maximum absolute atomic E-state index is 13.0. The number of carbonyl (C=O) groups is 1. The van der Waals surface area contributed by atoms with E-state index in [1.807, 2.05) is 30.3 Å². The SMILES string of the molecule is CNC(=O)CNC(c1ccccc1)c1ccc(F)cc1. The summed E-state index contributed by atoms with van der Waals surface area (Å²) in [6, 6.07) is 15.9. The third-order valence-electron chi connectivity index (χ3n) is 3.08. The van der Waals surface area contributed by atoms with Crippen molar-refractivity contribution in [2.24, 2.45) is 0 Å². The quantitative estimate of drug-likeness (QED) is 0.876. The van der Waals surface area contributed by atoms with Gasteiger partial charge in [-0.3, -0.25) is 10.1 Å². The number of halogens is 1. The lowest BCUT2D eigenvalue weighted by atomic mass is 9.98. The number of benzene rings is 2. The maximum atomic E-state index is 13.0. The minimum absolute atomic E-state index is 0.0898. The van der Waals surface area contributed by atoms with Crippen molar-refractivity contribution < 1.29 is 9.18 Å². The van der Waals surface area contributed by atoms with Gasteiger partial charge in [0.2, 0.25) is 5.91 Å². The smallest absolute Gasteiger partial charge is 0.233 e. The van der Waals surface area contributed by atoms with Gasteiger partial charge in [0.25, 0.3) is 0 Å². The molecule has 0 radical (unpaired) electrons. The Morgan fingerprint density at radius 1 is 1.05 bits per heavy atom. The van der Waals surface area contributed by atoms with Gasteiger partial charge < -0.3 is 5.32 Å². The fraction of sp³-hybridized carbons (Fsp3) is 0.188. The van der Waals surface area contributed by atoms with E-state index < -0.39 is 0 Å². The third kappa shape index (κ3) is 3.65. The fourth-order valence-electron chi connectivity index (χ4n) is 2.01. The molecular formula is C16H17FN2O. The molecule has 20 heavy (non-hydrogen) atoms. The first-order valence-electron chi connectivity index (χ1n) is 6.45. The number of hydrogen-bond acceptors (Lipinski definition) is 2. The highest BCUT2D eigenvalue weighted by atomic mass is 19.1. The van der Waals surface area contributed by atoms with Gasteiger partial charge in [0, 0.05) is 7.05 Å². The van der Waals surface area contributed by atoms with Crippen molar-refractivity contribution in [2.45, 2.75) is 6.04 Å². The van der Waals surface area contributed by atoms with Crippen LogP contribution in [0, 0.1) is 5.82 Å². The lowest BCUT2D eigenvalue weighted by Crippen LogP contribution is -2.34. The Bertz CT molecular complexity index is 554. The second-order valence-electron chi connectivity index (χ2n) is 4.45. The Labute approximate surface area is 117 Å². The molecule has 0 aliphatic heterocycles. The summed E-state index contributed by atoms with van der Waals surface area (Å²) in [4.78, 5) is 11.4. The number of amides is 1. The lowest BCUT2D eigenvalue weighted by Gasteiger charge is -2.19. The Morgan fingerprint density at radius 2 is 1.65 bits per heavy atom. The first-order chi connectivity index (χ1) is 9.70. The normalized spacial score (nSPS) is 11.9. The van der Waals surface area contributed by atoms with Crippen molar-refractivity contribution in [3.05, 3.63) is 71.5 Å². The van der Waals surface area contributed by atoms with Crippen LogP contribution in [-0.2, 0) is 4.79 Å². The monoisotopic (exact) mass is 272 g/mol. The molecule has 0 saturated heterocycles. The number of carbonyl (C=O) groups excluding carboxylic acids is 1. The molecule has 0 aliphatic rings. The van der Waals surface area contributed by atoms with Crippen LogP contribution < -0.4 is 10.6 Å². The van der Waals surface area contributed by atoms with E-state index in [9.17, 15) is 9.18 Å². The van der Waals surface area contributed by atoms with Gasteiger partial charge in [-0.25, -0.2) is 4.39 Å². The summed E-state index contributed by atoms with van der Waals surface area (Å²) in [5.41, 5.74) is 1.95. The second kappa shape index (κ2) is 6.82. The predicted octanol–water partition coefficient (Wildman–Crippen LogP) is 2.25. The van der Waals surface area contributed by atoms with Crippen LogP contribution in [0.3, 0.4) is 0 Å². The van der Waals surface area contributed by atoms with E-state index in [0.29, 0.717) is 0 Å². The zero-order valence-electron chi connectivity index (χ0n) is 11.3. The number of likely N-dealkylation sites (N-methyl/N-ethyl adjacent to an activating group) is 1. The van der Waals surface area contributed by atoms with E-state index in [1.54, 1.807) is 19.2 Å². The van der Waals surface area contributed by atoms with Crippen LogP contribution in [0.2, 0.25) is 0 Å². The third-order valence-corrected chi connectivity index (χ3v) is 3.08. The van der Waals surface area contributed by atoms with Gasteiger partial charge in [-0.05, 0) is 23.3 Å². The summed E-state index contributed by atoms with van der Waals surface area (Å²) in [5, 5.41) is 5.76. The van der Waals surface area contributed by atoms with Crippen LogP contribution in [0.5, 0.6) is 0 Å². The molecule has 2 aromatic carbocycles. The largest absolute Gasteiger partial charge is 0.358 e. The molecule has 0 bridgehead atoms. The minimum atomic E-state index is -0.271. The van der Waals surface area contributed by atoms with Crippen LogP contribution in [0.15, 0.2) is 54.6 Å². The molecule has 1 atom stereocenters. The number of hydrogen-bond donors (Lipinski definition) is 2. The van der Waals surface area contributed by atoms with Crippen LogP contribution in [0.1, 0.15) is 17.2 Å².